The Morgan fingerprint density at radius 3 is 2.39 bits per heavy atom. The molecule has 0 spiro atoms. The van der Waals surface area contributed by atoms with Crippen molar-refractivity contribution in [1.29, 1.82) is 0 Å². The molecule has 7 nitrogen and oxygen atoms in total. The molecule has 1 aliphatic heterocycles. The fourth-order valence-corrected chi connectivity index (χ4v) is 3.50. The molecule has 1 saturated carbocycles. The number of rotatable bonds is 4. The van der Waals surface area contributed by atoms with Gasteiger partial charge in [0, 0.05) is 0 Å². The Bertz CT molecular complexity index is 389. The van der Waals surface area contributed by atoms with Gasteiger partial charge in [0.25, 0.3) is 0 Å². The van der Waals surface area contributed by atoms with Crippen molar-refractivity contribution < 1.29 is 35.0 Å². The molecular formula is C16H30O7. The van der Waals surface area contributed by atoms with Crippen LogP contribution in [0.3, 0.4) is 0 Å². The smallest absolute Gasteiger partial charge is 0.187 e. The Kier molecular flexibility index (Phi) is 6.05. The molecule has 2 fully saturated rings. The highest BCUT2D eigenvalue weighted by Gasteiger charge is 2.49. The maximum Gasteiger partial charge on any atom is 0.187 e. The lowest BCUT2D eigenvalue weighted by Crippen LogP contribution is -2.62. The van der Waals surface area contributed by atoms with Crippen molar-refractivity contribution in [3.63, 3.8) is 0 Å². The molecule has 2 aliphatic rings. The lowest BCUT2D eigenvalue weighted by molar-refractivity contribution is -0.330. The number of hydrogen-bond donors (Lipinski definition) is 5. The highest BCUT2D eigenvalue weighted by molar-refractivity contribution is 4.97. The topological polar surface area (TPSA) is 120 Å². The summed E-state index contributed by atoms with van der Waals surface area (Å²) in [5.74, 6) is 0.328. The predicted molar refractivity (Wildman–Crippen MR) is 81.4 cm³/mol. The molecule has 0 aromatic carbocycles. The van der Waals surface area contributed by atoms with Gasteiger partial charge in [-0.15, -0.1) is 0 Å². The molecule has 0 amide bonds. The van der Waals surface area contributed by atoms with Crippen molar-refractivity contribution in [2.24, 2.45) is 11.8 Å². The van der Waals surface area contributed by atoms with Gasteiger partial charge in [0.2, 0.25) is 0 Å². The highest BCUT2D eigenvalue weighted by Crippen LogP contribution is 2.40. The third kappa shape index (κ3) is 3.71. The summed E-state index contributed by atoms with van der Waals surface area (Å²) in [5, 5.41) is 50.0. The molecule has 1 aliphatic carbocycles. The average Bonchev–Trinajstić information content (AvgIpc) is 2.51. The van der Waals surface area contributed by atoms with Crippen molar-refractivity contribution in [1.82, 2.24) is 0 Å². The van der Waals surface area contributed by atoms with Gasteiger partial charge in [-0.05, 0) is 31.1 Å². The second-order valence-electron chi connectivity index (χ2n) is 7.35. The molecule has 7 heteroatoms. The first-order chi connectivity index (χ1) is 10.7. The van der Waals surface area contributed by atoms with Crippen molar-refractivity contribution in [3.8, 4) is 0 Å². The van der Waals surface area contributed by atoms with Gasteiger partial charge < -0.3 is 35.0 Å². The minimum atomic E-state index is -1.47. The number of hydrogen-bond acceptors (Lipinski definition) is 7. The quantitative estimate of drug-likeness (QED) is 0.465. The fraction of sp³-hybridized carbons (Fsp3) is 1.00. The van der Waals surface area contributed by atoms with E-state index in [9.17, 15) is 25.5 Å². The molecular weight excluding hydrogens is 304 g/mol. The number of ether oxygens (including phenoxy) is 2. The summed E-state index contributed by atoms with van der Waals surface area (Å²) < 4.78 is 11.2. The van der Waals surface area contributed by atoms with E-state index in [2.05, 4.69) is 6.92 Å². The summed E-state index contributed by atoms with van der Waals surface area (Å²) in [7, 11) is 0. The van der Waals surface area contributed by atoms with Gasteiger partial charge in [0.15, 0.2) is 6.29 Å². The van der Waals surface area contributed by atoms with E-state index in [-0.39, 0.29) is 5.92 Å². The van der Waals surface area contributed by atoms with Gasteiger partial charge >= 0.3 is 0 Å². The van der Waals surface area contributed by atoms with Crippen LogP contribution in [0, 0.1) is 11.8 Å². The summed E-state index contributed by atoms with van der Waals surface area (Å²) in [6.07, 6.45) is -4.99. The summed E-state index contributed by atoms with van der Waals surface area (Å²) in [5.41, 5.74) is -1.04. The molecule has 8 atom stereocenters. The Hall–Kier alpha value is -0.280. The van der Waals surface area contributed by atoms with Crippen molar-refractivity contribution >= 4 is 0 Å². The average molecular weight is 334 g/mol. The van der Waals surface area contributed by atoms with E-state index in [0.29, 0.717) is 18.8 Å². The first kappa shape index (κ1) is 19.1. The van der Waals surface area contributed by atoms with Crippen molar-refractivity contribution in [2.45, 2.75) is 82.4 Å². The van der Waals surface area contributed by atoms with E-state index in [4.69, 9.17) is 9.47 Å². The first-order valence-electron chi connectivity index (χ1n) is 8.39. The van der Waals surface area contributed by atoms with Gasteiger partial charge in [-0.3, -0.25) is 0 Å². The summed E-state index contributed by atoms with van der Waals surface area (Å²) in [6, 6.07) is 0. The van der Waals surface area contributed by atoms with Crippen LogP contribution < -0.4 is 0 Å². The van der Waals surface area contributed by atoms with Crippen LogP contribution in [0.5, 0.6) is 0 Å². The van der Waals surface area contributed by atoms with Gasteiger partial charge in [0.1, 0.15) is 24.4 Å². The van der Waals surface area contributed by atoms with E-state index >= 15 is 0 Å². The van der Waals surface area contributed by atoms with E-state index in [1.807, 2.05) is 13.8 Å². The van der Waals surface area contributed by atoms with Gasteiger partial charge in [-0.2, -0.15) is 0 Å². The SMILES string of the molecule is CC(C)[C@]1(O)CC[C@H](C)C[C@@H]1O[C@@H]1O[C@H](CO)[C@@H](O)[C@H](O)[C@H]1O. The van der Waals surface area contributed by atoms with Crippen LogP contribution in [0.4, 0.5) is 0 Å². The summed E-state index contributed by atoms with van der Waals surface area (Å²) in [4.78, 5) is 0. The molecule has 5 N–H and O–H groups in total. The van der Waals surface area contributed by atoms with Crippen LogP contribution in [0.25, 0.3) is 0 Å². The van der Waals surface area contributed by atoms with Crippen LogP contribution in [-0.4, -0.2) is 74.6 Å². The molecule has 136 valence electrons. The molecule has 0 bridgehead atoms. The molecule has 0 unspecified atom stereocenters. The minimum Gasteiger partial charge on any atom is -0.394 e. The zero-order valence-electron chi connectivity index (χ0n) is 14.0. The lowest BCUT2D eigenvalue weighted by Gasteiger charge is -2.48. The normalized spacial score (nSPS) is 48.7. The number of aliphatic hydroxyl groups excluding tert-OH is 4. The van der Waals surface area contributed by atoms with Gasteiger partial charge in [-0.25, -0.2) is 0 Å². The van der Waals surface area contributed by atoms with Crippen LogP contribution in [0.2, 0.25) is 0 Å². The molecule has 1 heterocycles. The summed E-state index contributed by atoms with van der Waals surface area (Å²) in [6.45, 7) is 5.41. The van der Waals surface area contributed by atoms with Crippen LogP contribution in [-0.2, 0) is 9.47 Å². The molecule has 23 heavy (non-hydrogen) atoms. The Morgan fingerprint density at radius 2 is 1.83 bits per heavy atom. The number of aliphatic hydroxyl groups is 5. The zero-order chi connectivity index (χ0) is 17.4. The van der Waals surface area contributed by atoms with E-state index in [0.717, 1.165) is 6.42 Å². The maximum absolute atomic E-state index is 11.0. The van der Waals surface area contributed by atoms with E-state index < -0.39 is 49.0 Å². The predicted octanol–water partition coefficient (Wildman–Crippen LogP) is -0.621. The van der Waals surface area contributed by atoms with Gasteiger partial charge in [0.05, 0.1) is 18.3 Å². The molecule has 0 aromatic heterocycles. The third-order valence-corrected chi connectivity index (χ3v) is 5.36. The maximum atomic E-state index is 11.0. The fourth-order valence-electron chi connectivity index (χ4n) is 3.50. The Morgan fingerprint density at radius 1 is 1.17 bits per heavy atom. The van der Waals surface area contributed by atoms with Crippen molar-refractivity contribution in [3.05, 3.63) is 0 Å². The molecule has 0 radical (unpaired) electrons. The zero-order valence-corrected chi connectivity index (χ0v) is 14.0. The molecule has 0 aromatic rings. The first-order valence-corrected chi connectivity index (χ1v) is 8.39. The highest BCUT2D eigenvalue weighted by atomic mass is 16.7. The second kappa shape index (κ2) is 7.31. The minimum absolute atomic E-state index is 0.0371. The van der Waals surface area contributed by atoms with Crippen molar-refractivity contribution in [2.75, 3.05) is 6.61 Å². The third-order valence-electron chi connectivity index (χ3n) is 5.36. The second-order valence-corrected chi connectivity index (χ2v) is 7.35. The lowest BCUT2D eigenvalue weighted by atomic mass is 9.71. The van der Waals surface area contributed by atoms with E-state index in [1.165, 1.54) is 0 Å². The Balaban J connectivity index is 2.14. The van der Waals surface area contributed by atoms with E-state index in [1.54, 1.807) is 0 Å². The van der Waals surface area contributed by atoms with Crippen LogP contribution >= 0.6 is 0 Å². The standard InChI is InChI=1S/C16H30O7/c1-8(2)16(21)5-4-9(3)6-11(16)23-15-14(20)13(19)12(18)10(7-17)22-15/h8-15,17-21H,4-7H2,1-3H3/t9-,10+,11-,12+,13-,14+,15-,16+/m0/s1. The largest absolute Gasteiger partial charge is 0.394 e. The van der Waals surface area contributed by atoms with Gasteiger partial charge in [-0.1, -0.05) is 20.8 Å². The monoisotopic (exact) mass is 334 g/mol. The molecule has 1 saturated heterocycles. The Labute approximate surface area is 136 Å². The van der Waals surface area contributed by atoms with Crippen LogP contribution in [0.1, 0.15) is 40.0 Å². The molecule has 2 rings (SSSR count). The van der Waals surface area contributed by atoms with Crippen LogP contribution in [0.15, 0.2) is 0 Å². The summed E-state index contributed by atoms with van der Waals surface area (Å²) >= 11 is 0.